The maximum absolute atomic E-state index is 12.3. The summed E-state index contributed by atoms with van der Waals surface area (Å²) >= 11 is 0. The van der Waals surface area contributed by atoms with Crippen molar-refractivity contribution in [1.29, 1.82) is 0 Å². The normalized spacial score (nSPS) is 11.1. The summed E-state index contributed by atoms with van der Waals surface area (Å²) in [7, 11) is 0. The smallest absolute Gasteiger partial charge is 0.120 e. The number of ether oxygens (including phenoxy) is 1. The summed E-state index contributed by atoms with van der Waals surface area (Å²) in [6.45, 7) is 0.324. The number of benzene rings is 1. The van der Waals surface area contributed by atoms with Gasteiger partial charge in [0.1, 0.15) is 12.4 Å². The molecule has 0 bridgehead atoms. The topological polar surface area (TPSA) is 48.1 Å². The first-order valence-electron chi connectivity index (χ1n) is 5.29. The number of rotatable bonds is 4. The third-order valence-corrected chi connectivity index (χ3v) is 2.42. The average molecular weight is 269 g/mol. The van der Waals surface area contributed by atoms with Crippen LogP contribution in [-0.2, 0) is 0 Å². The number of nitrogens with zero attached hydrogens (tertiary/aromatic N) is 1. The maximum atomic E-state index is 12.3. The molecular formula is C13H14ClFN2O. The van der Waals surface area contributed by atoms with Gasteiger partial charge in [-0.25, -0.2) is 4.39 Å². The summed E-state index contributed by atoms with van der Waals surface area (Å²) in [4.78, 5) is 4.20. The second-order valence-corrected chi connectivity index (χ2v) is 3.62. The van der Waals surface area contributed by atoms with E-state index in [1.165, 1.54) is 0 Å². The Morgan fingerprint density at radius 1 is 1.39 bits per heavy atom. The third-order valence-electron chi connectivity index (χ3n) is 2.42. The number of nitrogens with two attached hydrogens (primary N) is 1. The van der Waals surface area contributed by atoms with Gasteiger partial charge in [0.15, 0.2) is 0 Å². The lowest BCUT2D eigenvalue weighted by molar-refractivity contribution is 0.348. The molecule has 96 valence electrons. The van der Waals surface area contributed by atoms with Crippen LogP contribution in [0.15, 0.2) is 48.4 Å². The van der Waals surface area contributed by atoms with Gasteiger partial charge in [0.2, 0.25) is 0 Å². The lowest BCUT2D eigenvalue weighted by Gasteiger charge is -2.07. The first-order chi connectivity index (χ1) is 8.33. The van der Waals surface area contributed by atoms with Gasteiger partial charge in [-0.15, -0.1) is 12.4 Å². The van der Waals surface area contributed by atoms with Crippen LogP contribution in [-0.4, -0.2) is 18.1 Å². The molecule has 0 fully saturated rings. The molecule has 5 heteroatoms. The summed E-state index contributed by atoms with van der Waals surface area (Å²) in [6, 6.07) is 9.35. The van der Waals surface area contributed by atoms with Crippen molar-refractivity contribution in [2.24, 2.45) is 5.73 Å². The standard InChI is InChI=1S/C13H13FN2O.ClH/c14-7-10(8-15)9-17-12-3-4-13-11(6-12)2-1-5-16-13;/h1-7H,8-9,15H2;1H/b10-7-;. The zero-order chi connectivity index (χ0) is 12.1. The molecule has 18 heavy (non-hydrogen) atoms. The molecule has 0 spiro atoms. The molecule has 1 aromatic carbocycles. The lowest BCUT2D eigenvalue weighted by Crippen LogP contribution is -2.10. The molecule has 1 aromatic heterocycles. The van der Waals surface area contributed by atoms with Crippen LogP contribution in [0.1, 0.15) is 0 Å². The number of hydrogen-bond acceptors (Lipinski definition) is 3. The van der Waals surface area contributed by atoms with Crippen molar-refractivity contribution in [2.75, 3.05) is 13.2 Å². The van der Waals surface area contributed by atoms with E-state index in [0.717, 1.165) is 10.9 Å². The van der Waals surface area contributed by atoms with Crippen LogP contribution in [0.5, 0.6) is 5.75 Å². The van der Waals surface area contributed by atoms with Crippen molar-refractivity contribution < 1.29 is 9.13 Å². The van der Waals surface area contributed by atoms with Crippen molar-refractivity contribution in [3.8, 4) is 5.75 Å². The molecular weight excluding hydrogens is 255 g/mol. The monoisotopic (exact) mass is 268 g/mol. The second kappa shape index (κ2) is 6.93. The van der Waals surface area contributed by atoms with Gasteiger partial charge < -0.3 is 10.5 Å². The average Bonchev–Trinajstić information content (AvgIpc) is 2.40. The first kappa shape index (κ1) is 14.4. The minimum Gasteiger partial charge on any atom is -0.489 e. The van der Waals surface area contributed by atoms with Crippen molar-refractivity contribution in [2.45, 2.75) is 0 Å². The number of halogens is 2. The quantitative estimate of drug-likeness (QED) is 0.928. The Morgan fingerprint density at radius 2 is 2.22 bits per heavy atom. The fraction of sp³-hybridized carbons (Fsp3) is 0.154. The van der Waals surface area contributed by atoms with Gasteiger partial charge in [-0.2, -0.15) is 0 Å². The van der Waals surface area contributed by atoms with E-state index in [4.69, 9.17) is 10.5 Å². The predicted molar refractivity (Wildman–Crippen MR) is 72.7 cm³/mol. The summed E-state index contributed by atoms with van der Waals surface area (Å²) in [5.74, 6) is 0.679. The summed E-state index contributed by atoms with van der Waals surface area (Å²) in [5.41, 5.74) is 6.67. The molecule has 0 saturated carbocycles. The van der Waals surface area contributed by atoms with Crippen LogP contribution in [0.3, 0.4) is 0 Å². The summed E-state index contributed by atoms with van der Waals surface area (Å²) < 4.78 is 17.7. The van der Waals surface area contributed by atoms with Crippen LogP contribution in [0.2, 0.25) is 0 Å². The largest absolute Gasteiger partial charge is 0.489 e. The van der Waals surface area contributed by atoms with Gasteiger partial charge in [0.05, 0.1) is 11.8 Å². The predicted octanol–water partition coefficient (Wildman–Crippen LogP) is 2.85. The minimum atomic E-state index is 0. The highest BCUT2D eigenvalue weighted by Gasteiger charge is 2.00. The molecule has 2 aromatic rings. The van der Waals surface area contributed by atoms with Gasteiger partial charge in [-0.1, -0.05) is 6.07 Å². The Bertz CT molecular complexity index is 545. The van der Waals surface area contributed by atoms with Crippen LogP contribution in [0.25, 0.3) is 10.9 Å². The van der Waals surface area contributed by atoms with E-state index < -0.39 is 0 Å². The highest BCUT2D eigenvalue weighted by atomic mass is 35.5. The van der Waals surface area contributed by atoms with E-state index in [1.54, 1.807) is 6.20 Å². The molecule has 0 unspecified atom stereocenters. The third kappa shape index (κ3) is 3.42. The lowest BCUT2D eigenvalue weighted by atomic mass is 10.2. The Kier molecular flexibility index (Phi) is 5.55. The molecule has 0 amide bonds. The van der Waals surface area contributed by atoms with Gasteiger partial charge >= 0.3 is 0 Å². The van der Waals surface area contributed by atoms with Crippen LogP contribution >= 0.6 is 12.4 Å². The van der Waals surface area contributed by atoms with E-state index in [1.807, 2.05) is 30.3 Å². The fourth-order valence-corrected chi connectivity index (χ4v) is 1.45. The van der Waals surface area contributed by atoms with Crippen molar-refractivity contribution in [3.63, 3.8) is 0 Å². The molecule has 0 aliphatic carbocycles. The first-order valence-corrected chi connectivity index (χ1v) is 5.29. The van der Waals surface area contributed by atoms with Crippen LogP contribution in [0, 0.1) is 0 Å². The van der Waals surface area contributed by atoms with E-state index >= 15 is 0 Å². The van der Waals surface area contributed by atoms with E-state index in [2.05, 4.69) is 4.98 Å². The van der Waals surface area contributed by atoms with E-state index in [-0.39, 0.29) is 25.6 Å². The molecule has 0 aliphatic rings. The highest BCUT2D eigenvalue weighted by Crippen LogP contribution is 2.19. The molecule has 0 atom stereocenters. The van der Waals surface area contributed by atoms with Gasteiger partial charge in [-0.05, 0) is 24.3 Å². The van der Waals surface area contributed by atoms with Crippen molar-refractivity contribution >= 4 is 23.3 Å². The Balaban J connectivity index is 0.00000162. The van der Waals surface area contributed by atoms with Crippen LogP contribution in [0.4, 0.5) is 4.39 Å². The molecule has 3 nitrogen and oxygen atoms in total. The Morgan fingerprint density at radius 3 is 2.94 bits per heavy atom. The molecule has 2 N–H and O–H groups in total. The summed E-state index contributed by atoms with van der Waals surface area (Å²) in [5, 5.41) is 0.989. The zero-order valence-corrected chi connectivity index (χ0v) is 10.5. The molecule has 1 heterocycles. The molecule has 0 aliphatic heterocycles. The maximum Gasteiger partial charge on any atom is 0.120 e. The SMILES string of the molecule is Cl.NC/C(=C/F)COc1ccc2ncccc2c1. The number of fused-ring (bicyclic) bond motifs is 1. The fourth-order valence-electron chi connectivity index (χ4n) is 1.45. The van der Waals surface area contributed by atoms with Gasteiger partial charge in [-0.3, -0.25) is 4.98 Å². The van der Waals surface area contributed by atoms with Crippen molar-refractivity contribution in [3.05, 3.63) is 48.4 Å². The second-order valence-electron chi connectivity index (χ2n) is 3.62. The zero-order valence-electron chi connectivity index (χ0n) is 9.67. The molecule has 2 rings (SSSR count). The Labute approximate surface area is 111 Å². The Hall–Kier alpha value is -1.65. The van der Waals surface area contributed by atoms with Crippen LogP contribution < -0.4 is 10.5 Å². The number of hydrogen-bond donors (Lipinski definition) is 1. The molecule has 0 saturated heterocycles. The summed E-state index contributed by atoms with van der Waals surface area (Å²) in [6.07, 6.45) is 2.23. The van der Waals surface area contributed by atoms with E-state index in [9.17, 15) is 4.39 Å². The molecule has 0 radical (unpaired) electrons. The highest BCUT2D eigenvalue weighted by molar-refractivity contribution is 5.85. The van der Waals surface area contributed by atoms with E-state index in [0.29, 0.717) is 17.7 Å². The number of pyridine rings is 1. The minimum absolute atomic E-state index is 0. The number of aromatic nitrogens is 1. The van der Waals surface area contributed by atoms with Crippen molar-refractivity contribution in [1.82, 2.24) is 4.98 Å². The van der Waals surface area contributed by atoms with Gasteiger partial charge in [0.25, 0.3) is 0 Å². The van der Waals surface area contributed by atoms with Gasteiger partial charge in [0, 0.05) is 23.7 Å².